The predicted molar refractivity (Wildman–Crippen MR) is 128 cm³/mol. The van der Waals surface area contributed by atoms with Crippen molar-refractivity contribution < 1.29 is 14.3 Å². The zero-order chi connectivity index (χ0) is 23.7. The summed E-state index contributed by atoms with van der Waals surface area (Å²) >= 11 is 0. The average molecular weight is 465 g/mol. The van der Waals surface area contributed by atoms with E-state index in [1.54, 1.807) is 18.2 Å². The number of likely N-dealkylation sites (tertiary alicyclic amines) is 1. The van der Waals surface area contributed by atoms with Gasteiger partial charge in [-0.05, 0) is 87.8 Å². The van der Waals surface area contributed by atoms with Gasteiger partial charge in [-0.2, -0.15) is 0 Å². The molecule has 1 saturated carbocycles. The number of carboxylic acid groups (broad SMARTS) is 1. The smallest absolute Gasteiger partial charge is 0.405 e. The maximum absolute atomic E-state index is 15.0. The predicted octanol–water partition coefficient (Wildman–Crippen LogP) is 4.27. The number of halogens is 1. The highest BCUT2D eigenvalue weighted by Crippen LogP contribution is 2.41. The highest BCUT2D eigenvalue weighted by atomic mass is 19.1. The number of aromatic nitrogens is 2. The number of benzene rings is 2. The number of hydrogen-bond donors (Lipinski definition) is 2. The van der Waals surface area contributed by atoms with Gasteiger partial charge in [0.05, 0.1) is 17.1 Å². The summed E-state index contributed by atoms with van der Waals surface area (Å²) in [4.78, 5) is 32.5. The van der Waals surface area contributed by atoms with Crippen molar-refractivity contribution in [1.82, 2.24) is 19.8 Å². The fourth-order valence-corrected chi connectivity index (χ4v) is 5.03. The maximum atomic E-state index is 15.0. The van der Waals surface area contributed by atoms with Gasteiger partial charge in [-0.25, -0.2) is 14.2 Å². The molecular formula is C26H29FN4O3. The van der Waals surface area contributed by atoms with Gasteiger partial charge in [0.25, 0.3) is 5.56 Å². The Morgan fingerprint density at radius 3 is 2.56 bits per heavy atom. The van der Waals surface area contributed by atoms with Gasteiger partial charge in [0, 0.05) is 0 Å². The summed E-state index contributed by atoms with van der Waals surface area (Å²) < 4.78 is 16.5. The first-order valence-corrected chi connectivity index (χ1v) is 12.0. The lowest BCUT2D eigenvalue weighted by Crippen LogP contribution is -2.35. The molecule has 2 fully saturated rings. The van der Waals surface area contributed by atoms with Crippen molar-refractivity contribution in [2.75, 3.05) is 19.6 Å². The van der Waals surface area contributed by atoms with Gasteiger partial charge in [-0.3, -0.25) is 9.36 Å². The molecule has 2 heterocycles. The number of para-hydroxylation sites is 1. The zero-order valence-electron chi connectivity index (χ0n) is 19.0. The van der Waals surface area contributed by atoms with E-state index in [0.717, 1.165) is 44.5 Å². The molecule has 1 saturated heterocycles. The fourth-order valence-electron chi connectivity index (χ4n) is 5.03. The minimum atomic E-state index is -1.19. The van der Waals surface area contributed by atoms with Crippen LogP contribution in [-0.2, 0) is 6.42 Å². The van der Waals surface area contributed by atoms with Crippen LogP contribution in [0.1, 0.15) is 49.5 Å². The molecule has 34 heavy (non-hydrogen) atoms. The summed E-state index contributed by atoms with van der Waals surface area (Å²) in [7, 11) is 0. The number of fused-ring (bicyclic) bond motifs is 1. The Kier molecular flexibility index (Phi) is 6.32. The van der Waals surface area contributed by atoms with Crippen LogP contribution in [0.4, 0.5) is 9.18 Å². The first-order chi connectivity index (χ1) is 16.5. The molecule has 178 valence electrons. The summed E-state index contributed by atoms with van der Waals surface area (Å²) in [5, 5.41) is 12.3. The molecule has 5 rings (SSSR count). The molecular weight excluding hydrogens is 435 g/mol. The number of aryl methyl sites for hydroxylation is 1. The van der Waals surface area contributed by atoms with Crippen LogP contribution in [0.15, 0.2) is 47.3 Å². The molecule has 0 radical (unpaired) electrons. The van der Waals surface area contributed by atoms with Crippen LogP contribution >= 0.6 is 0 Å². The number of amides is 1. The lowest BCUT2D eigenvalue weighted by atomic mass is 10.0. The van der Waals surface area contributed by atoms with Crippen LogP contribution < -0.4 is 10.9 Å². The molecule has 1 aliphatic carbocycles. The first-order valence-electron chi connectivity index (χ1n) is 12.0. The van der Waals surface area contributed by atoms with E-state index in [2.05, 4.69) is 15.2 Å². The molecule has 2 aliphatic rings. The highest BCUT2D eigenvalue weighted by molar-refractivity contribution is 5.82. The topological polar surface area (TPSA) is 87.5 Å². The highest BCUT2D eigenvalue weighted by Gasteiger charge is 2.37. The molecule has 1 amide bonds. The second-order valence-electron chi connectivity index (χ2n) is 9.29. The van der Waals surface area contributed by atoms with E-state index in [0.29, 0.717) is 12.1 Å². The molecule has 1 atom stereocenters. The molecule has 8 heteroatoms. The SMILES string of the molecule is O=C(O)NC(c1nc2c(F)ccc(CCCN3CCCC3)c2c(=O)n1-c1ccccc1)C1CC1. The Labute approximate surface area is 197 Å². The van der Waals surface area contributed by atoms with Crippen molar-refractivity contribution in [3.63, 3.8) is 0 Å². The molecule has 3 aromatic rings. The quantitative estimate of drug-likeness (QED) is 0.520. The Hall–Kier alpha value is -3.26. The van der Waals surface area contributed by atoms with Crippen LogP contribution in [0, 0.1) is 11.7 Å². The fraction of sp³-hybridized carbons (Fsp3) is 0.423. The molecule has 2 aromatic carbocycles. The van der Waals surface area contributed by atoms with E-state index in [1.807, 2.05) is 18.2 Å². The molecule has 0 spiro atoms. The van der Waals surface area contributed by atoms with Gasteiger partial charge >= 0.3 is 6.09 Å². The summed E-state index contributed by atoms with van der Waals surface area (Å²) in [6.45, 7) is 3.16. The minimum absolute atomic E-state index is 0.0173. The first kappa shape index (κ1) is 22.5. The van der Waals surface area contributed by atoms with Crippen LogP contribution in [-0.4, -0.2) is 45.3 Å². The van der Waals surface area contributed by atoms with Crippen LogP contribution in [0.5, 0.6) is 0 Å². The molecule has 1 unspecified atom stereocenters. The Morgan fingerprint density at radius 2 is 1.88 bits per heavy atom. The molecule has 0 bridgehead atoms. The molecule has 2 N–H and O–H groups in total. The summed E-state index contributed by atoms with van der Waals surface area (Å²) in [6, 6.07) is 11.4. The van der Waals surface area contributed by atoms with Crippen molar-refractivity contribution in [2.45, 2.75) is 44.6 Å². The van der Waals surface area contributed by atoms with Gasteiger partial charge in [0.15, 0.2) is 0 Å². The lowest BCUT2D eigenvalue weighted by molar-refractivity contribution is 0.187. The third-order valence-corrected chi connectivity index (χ3v) is 6.87. The second kappa shape index (κ2) is 9.54. The van der Waals surface area contributed by atoms with Crippen molar-refractivity contribution in [3.05, 3.63) is 70.0 Å². The number of rotatable bonds is 8. The molecule has 7 nitrogen and oxygen atoms in total. The van der Waals surface area contributed by atoms with E-state index in [9.17, 15) is 14.7 Å². The van der Waals surface area contributed by atoms with Crippen LogP contribution in [0.25, 0.3) is 16.6 Å². The number of nitrogens with zero attached hydrogens (tertiary/aromatic N) is 3. The number of carbonyl (C=O) groups is 1. The standard InChI is InChI=1S/C26H29FN4O3/c27-20-13-12-17(7-6-16-30-14-4-5-15-30)21-23(20)28-24(22(18-10-11-18)29-26(33)34)31(25(21)32)19-8-2-1-3-9-19/h1-3,8-9,12-13,18,22,29H,4-7,10-11,14-16H2,(H,33,34). The van der Waals surface area contributed by atoms with Crippen molar-refractivity contribution >= 4 is 17.0 Å². The Morgan fingerprint density at radius 1 is 1.15 bits per heavy atom. The minimum Gasteiger partial charge on any atom is -0.465 e. The normalized spacial score (nSPS) is 17.2. The van der Waals surface area contributed by atoms with Crippen LogP contribution in [0.3, 0.4) is 0 Å². The lowest BCUT2D eigenvalue weighted by Gasteiger charge is -2.22. The third-order valence-electron chi connectivity index (χ3n) is 6.87. The van der Waals surface area contributed by atoms with Gasteiger partial charge in [-0.1, -0.05) is 24.3 Å². The van der Waals surface area contributed by atoms with Gasteiger partial charge in [0.2, 0.25) is 0 Å². The van der Waals surface area contributed by atoms with Crippen LogP contribution in [0.2, 0.25) is 0 Å². The van der Waals surface area contributed by atoms with Crippen molar-refractivity contribution in [2.24, 2.45) is 5.92 Å². The summed E-state index contributed by atoms with van der Waals surface area (Å²) in [6.07, 6.45) is 4.43. The van der Waals surface area contributed by atoms with E-state index in [1.165, 1.54) is 23.5 Å². The molecule has 1 aliphatic heterocycles. The third kappa shape index (κ3) is 4.55. The second-order valence-corrected chi connectivity index (χ2v) is 9.29. The number of hydrogen-bond acceptors (Lipinski definition) is 4. The average Bonchev–Trinajstić information content (AvgIpc) is 3.54. The van der Waals surface area contributed by atoms with E-state index in [4.69, 9.17) is 0 Å². The van der Waals surface area contributed by atoms with E-state index in [-0.39, 0.29) is 28.2 Å². The van der Waals surface area contributed by atoms with Gasteiger partial charge < -0.3 is 15.3 Å². The van der Waals surface area contributed by atoms with Gasteiger partial charge in [-0.15, -0.1) is 0 Å². The Balaban J connectivity index is 1.64. The molecule has 1 aromatic heterocycles. The van der Waals surface area contributed by atoms with Crippen molar-refractivity contribution in [1.29, 1.82) is 0 Å². The largest absolute Gasteiger partial charge is 0.465 e. The number of nitrogens with one attached hydrogen (secondary N) is 1. The monoisotopic (exact) mass is 464 g/mol. The van der Waals surface area contributed by atoms with E-state index >= 15 is 4.39 Å². The summed E-state index contributed by atoms with van der Waals surface area (Å²) in [5.74, 6) is -0.300. The van der Waals surface area contributed by atoms with E-state index < -0.39 is 18.0 Å². The zero-order valence-corrected chi connectivity index (χ0v) is 19.0. The van der Waals surface area contributed by atoms with Gasteiger partial charge in [0.1, 0.15) is 17.2 Å². The van der Waals surface area contributed by atoms with Crippen molar-refractivity contribution in [3.8, 4) is 5.69 Å². The Bertz CT molecular complexity index is 1250. The summed E-state index contributed by atoms with van der Waals surface area (Å²) in [5.41, 5.74) is 1.02. The maximum Gasteiger partial charge on any atom is 0.405 e.